The summed E-state index contributed by atoms with van der Waals surface area (Å²) in [5, 5.41) is 18.1. The first-order chi connectivity index (χ1) is 6.72. The molecule has 0 spiro atoms. The van der Waals surface area contributed by atoms with Crippen LogP contribution in [0.5, 0.6) is 11.5 Å². The zero-order chi connectivity index (χ0) is 10.6. The maximum absolute atomic E-state index is 9.54. The van der Waals surface area contributed by atoms with E-state index >= 15 is 0 Å². The zero-order valence-electron chi connectivity index (χ0n) is 8.37. The van der Waals surface area contributed by atoms with Crippen LogP contribution in [0, 0.1) is 0 Å². The Kier molecular flexibility index (Phi) is 3.73. The van der Waals surface area contributed by atoms with Crippen LogP contribution in [0.2, 0.25) is 0 Å². The van der Waals surface area contributed by atoms with Crippen molar-refractivity contribution in [3.63, 3.8) is 0 Å². The number of ether oxygens (including phenoxy) is 1. The SMILES string of the molecule is CCc1cc(CNO)c(O)cc1OC. The number of hydroxylamine groups is 1. The van der Waals surface area contributed by atoms with Gasteiger partial charge in [-0.3, -0.25) is 0 Å². The van der Waals surface area contributed by atoms with Crippen LogP contribution in [0.1, 0.15) is 18.1 Å². The molecule has 78 valence electrons. The van der Waals surface area contributed by atoms with Gasteiger partial charge in [-0.2, -0.15) is 0 Å². The Balaban J connectivity index is 3.09. The van der Waals surface area contributed by atoms with E-state index in [1.54, 1.807) is 13.2 Å². The van der Waals surface area contributed by atoms with Crippen LogP contribution < -0.4 is 10.2 Å². The molecule has 0 radical (unpaired) electrons. The molecule has 0 aliphatic rings. The first-order valence-corrected chi connectivity index (χ1v) is 4.48. The molecule has 0 aromatic heterocycles. The molecule has 3 N–H and O–H groups in total. The summed E-state index contributed by atoms with van der Waals surface area (Å²) in [7, 11) is 1.57. The molecule has 1 aromatic rings. The summed E-state index contributed by atoms with van der Waals surface area (Å²) in [5.74, 6) is 0.798. The van der Waals surface area contributed by atoms with Gasteiger partial charge in [0, 0.05) is 18.2 Å². The van der Waals surface area contributed by atoms with E-state index in [1.807, 2.05) is 18.5 Å². The number of aryl methyl sites for hydroxylation is 1. The van der Waals surface area contributed by atoms with Crippen molar-refractivity contribution >= 4 is 0 Å². The lowest BCUT2D eigenvalue weighted by molar-refractivity contribution is 0.160. The van der Waals surface area contributed by atoms with E-state index < -0.39 is 0 Å². The largest absolute Gasteiger partial charge is 0.507 e. The zero-order valence-corrected chi connectivity index (χ0v) is 8.37. The van der Waals surface area contributed by atoms with Gasteiger partial charge in [-0.25, -0.2) is 5.48 Å². The fourth-order valence-corrected chi connectivity index (χ4v) is 1.36. The van der Waals surface area contributed by atoms with E-state index in [4.69, 9.17) is 9.94 Å². The molecule has 0 heterocycles. The normalized spacial score (nSPS) is 10.2. The van der Waals surface area contributed by atoms with Crippen LogP contribution in [0.15, 0.2) is 12.1 Å². The minimum Gasteiger partial charge on any atom is -0.507 e. The predicted molar refractivity (Wildman–Crippen MR) is 52.7 cm³/mol. The van der Waals surface area contributed by atoms with Crippen molar-refractivity contribution in [2.75, 3.05) is 7.11 Å². The molecule has 0 fully saturated rings. The maximum atomic E-state index is 9.54. The van der Waals surface area contributed by atoms with Gasteiger partial charge in [0.05, 0.1) is 7.11 Å². The van der Waals surface area contributed by atoms with Gasteiger partial charge in [0.25, 0.3) is 0 Å². The van der Waals surface area contributed by atoms with E-state index in [-0.39, 0.29) is 12.3 Å². The Labute approximate surface area is 83.1 Å². The van der Waals surface area contributed by atoms with Gasteiger partial charge in [-0.15, -0.1) is 0 Å². The molecule has 4 heteroatoms. The standard InChI is InChI=1S/C10H15NO3/c1-3-7-4-8(6-11-13)9(12)5-10(7)14-2/h4-5,11-13H,3,6H2,1-2H3. The van der Waals surface area contributed by atoms with E-state index in [0.717, 1.165) is 12.0 Å². The van der Waals surface area contributed by atoms with Crippen LogP contribution in [0.4, 0.5) is 0 Å². The Morgan fingerprint density at radius 2 is 2.07 bits per heavy atom. The predicted octanol–water partition coefficient (Wildman–Crippen LogP) is 1.44. The highest BCUT2D eigenvalue weighted by Gasteiger charge is 2.07. The molecular formula is C10H15NO3. The van der Waals surface area contributed by atoms with Gasteiger partial charge in [-0.05, 0) is 18.1 Å². The fourth-order valence-electron chi connectivity index (χ4n) is 1.36. The molecule has 0 saturated heterocycles. The summed E-state index contributed by atoms with van der Waals surface area (Å²) in [6.45, 7) is 2.23. The van der Waals surface area contributed by atoms with Gasteiger partial charge in [-0.1, -0.05) is 6.92 Å². The molecule has 0 aliphatic heterocycles. The Morgan fingerprint density at radius 1 is 1.36 bits per heavy atom. The summed E-state index contributed by atoms with van der Waals surface area (Å²) >= 11 is 0. The minimum atomic E-state index is 0.126. The highest BCUT2D eigenvalue weighted by Crippen LogP contribution is 2.28. The van der Waals surface area contributed by atoms with Crippen molar-refractivity contribution in [2.24, 2.45) is 0 Å². The number of phenolic OH excluding ortho intramolecular Hbond substituents is 1. The van der Waals surface area contributed by atoms with Crippen molar-refractivity contribution < 1.29 is 15.1 Å². The van der Waals surface area contributed by atoms with Crippen molar-refractivity contribution in [2.45, 2.75) is 19.9 Å². The molecule has 14 heavy (non-hydrogen) atoms. The average Bonchev–Trinajstić information content (AvgIpc) is 2.20. The third-order valence-electron chi connectivity index (χ3n) is 2.13. The second kappa shape index (κ2) is 4.83. The second-order valence-corrected chi connectivity index (χ2v) is 2.98. The van der Waals surface area contributed by atoms with E-state index in [1.165, 1.54) is 0 Å². The molecule has 0 unspecified atom stereocenters. The van der Waals surface area contributed by atoms with Crippen LogP contribution in [-0.4, -0.2) is 17.4 Å². The number of benzene rings is 1. The number of aromatic hydroxyl groups is 1. The van der Waals surface area contributed by atoms with Gasteiger partial charge in [0.2, 0.25) is 0 Å². The lowest BCUT2D eigenvalue weighted by Gasteiger charge is -2.10. The molecule has 0 amide bonds. The average molecular weight is 197 g/mol. The lowest BCUT2D eigenvalue weighted by Crippen LogP contribution is -2.07. The highest BCUT2D eigenvalue weighted by molar-refractivity contribution is 5.45. The monoisotopic (exact) mass is 197 g/mol. The summed E-state index contributed by atoms with van der Waals surface area (Å²) in [5.41, 5.74) is 3.68. The molecule has 0 aliphatic carbocycles. The number of methoxy groups -OCH3 is 1. The van der Waals surface area contributed by atoms with Gasteiger partial charge in [0.1, 0.15) is 11.5 Å². The van der Waals surface area contributed by atoms with Crippen LogP contribution >= 0.6 is 0 Å². The Bertz CT molecular complexity index is 312. The van der Waals surface area contributed by atoms with Crippen molar-refractivity contribution in [3.05, 3.63) is 23.3 Å². The molecule has 1 aromatic carbocycles. The molecule has 0 saturated carbocycles. The van der Waals surface area contributed by atoms with Crippen molar-refractivity contribution in [1.29, 1.82) is 0 Å². The molecule has 4 nitrogen and oxygen atoms in total. The minimum absolute atomic E-state index is 0.126. The number of rotatable bonds is 4. The smallest absolute Gasteiger partial charge is 0.125 e. The molecule has 1 rings (SSSR count). The van der Waals surface area contributed by atoms with Crippen LogP contribution in [0.25, 0.3) is 0 Å². The third kappa shape index (κ3) is 2.16. The Morgan fingerprint density at radius 3 is 2.57 bits per heavy atom. The quantitative estimate of drug-likeness (QED) is 0.639. The fraction of sp³-hybridized carbons (Fsp3) is 0.400. The molecular weight excluding hydrogens is 182 g/mol. The summed E-state index contributed by atoms with van der Waals surface area (Å²) in [6.07, 6.45) is 0.821. The van der Waals surface area contributed by atoms with Crippen LogP contribution in [0.3, 0.4) is 0 Å². The van der Waals surface area contributed by atoms with Gasteiger partial charge >= 0.3 is 0 Å². The summed E-state index contributed by atoms with van der Waals surface area (Å²) < 4.78 is 5.11. The third-order valence-corrected chi connectivity index (χ3v) is 2.13. The summed E-state index contributed by atoms with van der Waals surface area (Å²) in [6, 6.07) is 3.38. The Hall–Kier alpha value is -1.26. The molecule has 0 bridgehead atoms. The van der Waals surface area contributed by atoms with E-state index in [9.17, 15) is 5.11 Å². The lowest BCUT2D eigenvalue weighted by atomic mass is 10.1. The van der Waals surface area contributed by atoms with E-state index in [2.05, 4.69) is 0 Å². The first kappa shape index (κ1) is 10.8. The number of hydrogen-bond acceptors (Lipinski definition) is 4. The molecule has 0 atom stereocenters. The number of hydrogen-bond donors (Lipinski definition) is 3. The van der Waals surface area contributed by atoms with Gasteiger partial charge < -0.3 is 15.1 Å². The summed E-state index contributed by atoms with van der Waals surface area (Å²) in [4.78, 5) is 0. The van der Waals surface area contributed by atoms with Crippen molar-refractivity contribution in [1.82, 2.24) is 5.48 Å². The van der Waals surface area contributed by atoms with Crippen molar-refractivity contribution in [3.8, 4) is 11.5 Å². The van der Waals surface area contributed by atoms with E-state index in [0.29, 0.717) is 11.3 Å². The maximum Gasteiger partial charge on any atom is 0.125 e. The topological polar surface area (TPSA) is 61.7 Å². The second-order valence-electron chi connectivity index (χ2n) is 2.98. The number of phenols is 1. The number of nitrogens with one attached hydrogen (secondary N) is 1. The highest BCUT2D eigenvalue weighted by atomic mass is 16.5. The van der Waals surface area contributed by atoms with Gasteiger partial charge in [0.15, 0.2) is 0 Å². The van der Waals surface area contributed by atoms with Crippen LogP contribution in [-0.2, 0) is 13.0 Å². The first-order valence-electron chi connectivity index (χ1n) is 4.48.